The number of hydrogen-bond donors (Lipinski definition) is 1. The average molecular weight is 335 g/mol. The van der Waals surface area contributed by atoms with Gasteiger partial charge in [0.15, 0.2) is 5.76 Å². The average Bonchev–Trinajstić information content (AvgIpc) is 3.05. The zero-order chi connectivity index (χ0) is 17.6. The second-order valence-corrected chi connectivity index (χ2v) is 5.08. The van der Waals surface area contributed by atoms with E-state index in [1.54, 1.807) is 6.08 Å². The first-order valence-corrected chi connectivity index (χ1v) is 7.36. The predicted octanol–water partition coefficient (Wildman–Crippen LogP) is 3.77. The van der Waals surface area contributed by atoms with Crippen molar-refractivity contribution in [1.82, 2.24) is 5.43 Å². The molecular weight excluding hydrogens is 322 g/mol. The molecule has 0 spiro atoms. The fourth-order valence-corrected chi connectivity index (χ4v) is 2.17. The lowest BCUT2D eigenvalue weighted by atomic mass is 10.2. The molecule has 0 saturated carbocycles. The van der Waals surface area contributed by atoms with Crippen LogP contribution >= 0.6 is 0 Å². The van der Waals surface area contributed by atoms with Crippen LogP contribution in [-0.2, 0) is 0 Å². The number of nitrogens with zero attached hydrogens (tertiary/aromatic N) is 2. The third-order valence-electron chi connectivity index (χ3n) is 3.35. The molecule has 7 nitrogen and oxygen atoms in total. The third-order valence-corrected chi connectivity index (χ3v) is 3.35. The van der Waals surface area contributed by atoms with Crippen molar-refractivity contribution in [2.45, 2.75) is 0 Å². The molecule has 25 heavy (non-hydrogen) atoms. The van der Waals surface area contributed by atoms with Gasteiger partial charge >= 0.3 is 5.91 Å². The van der Waals surface area contributed by atoms with Gasteiger partial charge in [-0.3, -0.25) is 14.9 Å². The van der Waals surface area contributed by atoms with Crippen LogP contribution in [0.15, 0.2) is 70.2 Å². The monoisotopic (exact) mass is 335 g/mol. The predicted molar refractivity (Wildman–Crippen MR) is 94.3 cm³/mol. The minimum absolute atomic E-state index is 0.0275. The zero-order valence-electron chi connectivity index (χ0n) is 13.0. The van der Waals surface area contributed by atoms with Gasteiger partial charge in [0.05, 0.1) is 4.92 Å². The lowest BCUT2D eigenvalue weighted by Gasteiger charge is -1.93. The Balaban J connectivity index is 1.65. The molecule has 0 aliphatic rings. The lowest BCUT2D eigenvalue weighted by molar-refractivity contribution is -0.384. The van der Waals surface area contributed by atoms with E-state index in [9.17, 15) is 14.9 Å². The summed E-state index contributed by atoms with van der Waals surface area (Å²) in [6.07, 6.45) is 4.98. The maximum Gasteiger partial charge on any atom is 0.307 e. The Kier molecular flexibility index (Phi) is 4.66. The molecule has 1 N–H and O–H groups in total. The number of hydrogen-bond acceptors (Lipinski definition) is 5. The minimum Gasteiger partial charge on any atom is -0.451 e. The molecule has 0 radical (unpaired) electrons. The van der Waals surface area contributed by atoms with E-state index in [1.165, 1.54) is 30.5 Å². The van der Waals surface area contributed by atoms with Gasteiger partial charge in [-0.2, -0.15) is 5.10 Å². The summed E-state index contributed by atoms with van der Waals surface area (Å²) in [5.74, 6) is -0.511. The molecule has 0 aliphatic carbocycles. The molecule has 0 saturated heterocycles. The van der Waals surface area contributed by atoms with Crippen molar-refractivity contribution in [3.05, 3.63) is 82.1 Å². The second kappa shape index (κ2) is 7.22. The van der Waals surface area contributed by atoms with Gasteiger partial charge in [-0.15, -0.1) is 0 Å². The van der Waals surface area contributed by atoms with E-state index in [0.717, 1.165) is 5.56 Å². The lowest BCUT2D eigenvalue weighted by Crippen LogP contribution is -2.16. The Morgan fingerprint density at radius 2 is 1.96 bits per heavy atom. The highest BCUT2D eigenvalue weighted by Gasteiger charge is 2.14. The molecule has 7 heteroatoms. The van der Waals surface area contributed by atoms with Crippen LogP contribution in [0.4, 0.5) is 5.69 Å². The van der Waals surface area contributed by atoms with E-state index >= 15 is 0 Å². The number of furan rings is 1. The van der Waals surface area contributed by atoms with Gasteiger partial charge in [-0.1, -0.05) is 36.4 Å². The van der Waals surface area contributed by atoms with Crippen LogP contribution in [0.1, 0.15) is 16.1 Å². The van der Waals surface area contributed by atoms with Crippen LogP contribution < -0.4 is 5.43 Å². The van der Waals surface area contributed by atoms with Crippen LogP contribution in [-0.4, -0.2) is 17.0 Å². The van der Waals surface area contributed by atoms with Gasteiger partial charge in [0, 0.05) is 23.7 Å². The van der Waals surface area contributed by atoms with Gasteiger partial charge in [0.25, 0.3) is 5.69 Å². The molecule has 0 fully saturated rings. The number of amides is 1. The quantitative estimate of drug-likeness (QED) is 0.436. The second-order valence-electron chi connectivity index (χ2n) is 5.08. The van der Waals surface area contributed by atoms with E-state index in [-0.39, 0.29) is 11.4 Å². The fraction of sp³-hybridized carbons (Fsp3) is 0. The van der Waals surface area contributed by atoms with E-state index in [4.69, 9.17) is 4.42 Å². The van der Waals surface area contributed by atoms with E-state index in [2.05, 4.69) is 10.5 Å². The highest BCUT2D eigenvalue weighted by molar-refractivity contribution is 5.96. The first-order chi connectivity index (χ1) is 12.1. The number of fused-ring (bicyclic) bond motifs is 1. The van der Waals surface area contributed by atoms with Crippen LogP contribution in [0.25, 0.3) is 17.0 Å². The smallest absolute Gasteiger partial charge is 0.307 e. The van der Waals surface area contributed by atoms with E-state index < -0.39 is 10.8 Å². The van der Waals surface area contributed by atoms with E-state index in [0.29, 0.717) is 11.0 Å². The van der Waals surface area contributed by atoms with Gasteiger partial charge in [0.2, 0.25) is 0 Å². The van der Waals surface area contributed by atoms with Crippen LogP contribution in [0.2, 0.25) is 0 Å². The van der Waals surface area contributed by atoms with Crippen molar-refractivity contribution in [3.8, 4) is 0 Å². The van der Waals surface area contributed by atoms with Crippen LogP contribution in [0.5, 0.6) is 0 Å². The van der Waals surface area contributed by atoms with Gasteiger partial charge < -0.3 is 4.42 Å². The molecule has 1 heterocycles. The fourth-order valence-electron chi connectivity index (χ4n) is 2.17. The number of benzene rings is 2. The maximum atomic E-state index is 12.0. The molecule has 0 unspecified atom stereocenters. The molecular formula is C18H13N3O4. The molecule has 124 valence electrons. The third kappa shape index (κ3) is 3.97. The molecule has 3 aromatic rings. The van der Waals surface area contributed by atoms with Crippen molar-refractivity contribution in [2.75, 3.05) is 0 Å². The summed E-state index contributed by atoms with van der Waals surface area (Å²) in [5, 5.41) is 15.0. The number of rotatable bonds is 5. The standard InChI is InChI=1S/C18H13N3O4/c22-18(20-19-10-4-7-13-5-2-1-3-6-13)17-12-14-11-15(21(23)24)8-9-16(14)25-17/h1-12H,(H,20,22)/b7-4+,19-10+. The Morgan fingerprint density at radius 3 is 2.72 bits per heavy atom. The number of nitrogens with one attached hydrogen (secondary N) is 1. The number of hydrazone groups is 1. The van der Waals surface area contributed by atoms with Crippen LogP contribution in [0, 0.1) is 10.1 Å². The highest BCUT2D eigenvalue weighted by atomic mass is 16.6. The molecule has 0 bridgehead atoms. The van der Waals surface area contributed by atoms with Gasteiger partial charge in [0.1, 0.15) is 5.58 Å². The SMILES string of the molecule is O=C(N/N=C/C=C/c1ccccc1)c1cc2cc([N+](=O)[O-])ccc2o1. The molecule has 1 aromatic heterocycles. The first kappa shape index (κ1) is 16.1. The summed E-state index contributed by atoms with van der Waals surface area (Å²) in [4.78, 5) is 22.2. The molecule has 2 aromatic carbocycles. The summed E-state index contributed by atoms with van der Waals surface area (Å²) < 4.78 is 5.36. The first-order valence-electron chi connectivity index (χ1n) is 7.36. The molecule has 1 amide bonds. The zero-order valence-corrected chi connectivity index (χ0v) is 13.0. The minimum atomic E-state index is -0.539. The normalized spacial score (nSPS) is 11.4. The topological polar surface area (TPSA) is 97.7 Å². The van der Waals surface area contributed by atoms with Crippen molar-refractivity contribution in [2.24, 2.45) is 5.10 Å². The molecule has 3 rings (SSSR count). The number of carbonyl (C=O) groups excluding carboxylic acids is 1. The maximum absolute atomic E-state index is 12.0. The Labute approximate surface area is 142 Å². The van der Waals surface area contributed by atoms with Gasteiger partial charge in [-0.25, -0.2) is 5.43 Å². The number of nitro groups is 1. The molecule has 0 atom stereocenters. The van der Waals surface area contributed by atoms with E-state index in [1.807, 2.05) is 36.4 Å². The summed E-state index contributed by atoms with van der Waals surface area (Å²) >= 11 is 0. The summed E-state index contributed by atoms with van der Waals surface area (Å²) in [7, 11) is 0. The Bertz CT molecular complexity index is 974. The number of nitro benzene ring substituents is 1. The number of non-ortho nitro benzene ring substituents is 1. The summed E-state index contributed by atoms with van der Waals surface area (Å²) in [6, 6.07) is 15.2. The Hall–Kier alpha value is -3.74. The van der Waals surface area contributed by atoms with Crippen LogP contribution in [0.3, 0.4) is 0 Å². The highest BCUT2D eigenvalue weighted by Crippen LogP contribution is 2.24. The number of allylic oxidation sites excluding steroid dienone is 1. The Morgan fingerprint density at radius 1 is 1.16 bits per heavy atom. The van der Waals surface area contributed by atoms with Crippen molar-refractivity contribution < 1.29 is 14.1 Å². The van der Waals surface area contributed by atoms with Gasteiger partial charge in [-0.05, 0) is 23.8 Å². The largest absolute Gasteiger partial charge is 0.451 e. The summed E-state index contributed by atoms with van der Waals surface area (Å²) in [5.41, 5.74) is 3.68. The molecule has 0 aliphatic heterocycles. The summed E-state index contributed by atoms with van der Waals surface area (Å²) in [6.45, 7) is 0. The van der Waals surface area contributed by atoms with Crippen molar-refractivity contribution in [3.63, 3.8) is 0 Å². The number of carbonyl (C=O) groups is 1. The van der Waals surface area contributed by atoms with Crippen molar-refractivity contribution in [1.29, 1.82) is 0 Å². The van der Waals surface area contributed by atoms with Crippen molar-refractivity contribution >= 4 is 34.9 Å².